The van der Waals surface area contributed by atoms with Crippen molar-refractivity contribution in [3.05, 3.63) is 29.8 Å². The predicted molar refractivity (Wildman–Crippen MR) is 65.9 cm³/mol. The molecule has 92 valence electrons. The summed E-state index contributed by atoms with van der Waals surface area (Å²) in [6.45, 7) is 3.99. The zero-order valence-corrected chi connectivity index (χ0v) is 10.2. The summed E-state index contributed by atoms with van der Waals surface area (Å²) in [5, 5.41) is 2.71. The normalized spacial score (nSPS) is 9.76. The number of nitrogens with one attached hydrogen (secondary N) is 1. The highest BCUT2D eigenvalue weighted by atomic mass is 16.5. The molecule has 17 heavy (non-hydrogen) atoms. The Bertz CT molecular complexity index is 401. The molecule has 1 amide bonds. The molecule has 0 radical (unpaired) electrons. The first-order chi connectivity index (χ1) is 8.19. The second kappa shape index (κ2) is 6.68. The summed E-state index contributed by atoms with van der Waals surface area (Å²) in [6.07, 6.45) is 1.21. The average Bonchev–Trinajstić information content (AvgIpc) is 2.30. The average molecular weight is 235 g/mol. The van der Waals surface area contributed by atoms with Crippen LogP contribution in [0.1, 0.15) is 37.0 Å². The van der Waals surface area contributed by atoms with Crippen LogP contribution in [0, 0.1) is 0 Å². The molecule has 0 saturated carbocycles. The van der Waals surface area contributed by atoms with Crippen molar-refractivity contribution in [2.24, 2.45) is 0 Å². The number of para-hydroxylation sites is 1. The summed E-state index contributed by atoms with van der Waals surface area (Å²) < 4.78 is 4.92. The molecule has 0 bridgehead atoms. The summed E-state index contributed by atoms with van der Waals surface area (Å²) in [7, 11) is 0. The number of hydrogen-bond donors (Lipinski definition) is 1. The summed E-state index contributed by atoms with van der Waals surface area (Å²) in [5.41, 5.74) is 0.892. The Morgan fingerprint density at radius 2 is 1.94 bits per heavy atom. The molecule has 0 aromatic heterocycles. The van der Waals surface area contributed by atoms with Gasteiger partial charge in [-0.1, -0.05) is 19.1 Å². The molecule has 4 heteroatoms. The third kappa shape index (κ3) is 3.90. The molecular formula is C13H17NO3. The Balaban J connectivity index is 2.84. The van der Waals surface area contributed by atoms with Crippen molar-refractivity contribution < 1.29 is 14.3 Å². The van der Waals surface area contributed by atoms with Crippen molar-refractivity contribution >= 4 is 17.6 Å². The van der Waals surface area contributed by atoms with E-state index in [1.54, 1.807) is 31.2 Å². The second-order valence-corrected chi connectivity index (χ2v) is 3.56. The minimum atomic E-state index is -0.417. The van der Waals surface area contributed by atoms with E-state index in [9.17, 15) is 9.59 Å². The maximum Gasteiger partial charge on any atom is 0.340 e. The maximum absolute atomic E-state index is 11.6. The lowest BCUT2D eigenvalue weighted by Gasteiger charge is -2.09. The van der Waals surface area contributed by atoms with Gasteiger partial charge in [0.15, 0.2) is 0 Å². The van der Waals surface area contributed by atoms with Gasteiger partial charge in [0.25, 0.3) is 0 Å². The highest BCUT2D eigenvalue weighted by molar-refractivity contribution is 6.01. The lowest BCUT2D eigenvalue weighted by molar-refractivity contribution is -0.116. The minimum Gasteiger partial charge on any atom is -0.462 e. The van der Waals surface area contributed by atoms with Crippen LogP contribution in [0.15, 0.2) is 24.3 Å². The molecule has 0 atom stereocenters. The standard InChI is InChI=1S/C13H17NO3/c1-3-7-12(15)14-11-9-6-5-8-10(11)13(16)17-4-2/h5-6,8-9H,3-4,7H2,1-2H3,(H,14,15). The van der Waals surface area contributed by atoms with Crippen molar-refractivity contribution in [3.63, 3.8) is 0 Å². The maximum atomic E-state index is 11.6. The highest BCUT2D eigenvalue weighted by Gasteiger charge is 2.13. The van der Waals surface area contributed by atoms with Crippen molar-refractivity contribution in [1.29, 1.82) is 0 Å². The lowest BCUT2D eigenvalue weighted by atomic mass is 10.1. The number of amides is 1. The third-order valence-electron chi connectivity index (χ3n) is 2.17. The first kappa shape index (κ1) is 13.2. The van der Waals surface area contributed by atoms with Gasteiger partial charge < -0.3 is 10.1 Å². The first-order valence-electron chi connectivity index (χ1n) is 5.75. The molecule has 1 N–H and O–H groups in total. The zero-order valence-electron chi connectivity index (χ0n) is 10.2. The minimum absolute atomic E-state index is 0.0933. The molecule has 4 nitrogen and oxygen atoms in total. The molecule has 0 spiro atoms. The smallest absolute Gasteiger partial charge is 0.340 e. The number of anilines is 1. The number of benzene rings is 1. The third-order valence-corrected chi connectivity index (χ3v) is 2.17. The van der Waals surface area contributed by atoms with Gasteiger partial charge in [-0.3, -0.25) is 4.79 Å². The van der Waals surface area contributed by atoms with Crippen molar-refractivity contribution in [2.45, 2.75) is 26.7 Å². The van der Waals surface area contributed by atoms with E-state index in [0.29, 0.717) is 24.3 Å². The van der Waals surface area contributed by atoms with Crippen LogP contribution in [-0.4, -0.2) is 18.5 Å². The summed E-state index contributed by atoms with van der Waals surface area (Å²) >= 11 is 0. The monoisotopic (exact) mass is 235 g/mol. The van der Waals surface area contributed by atoms with Crippen molar-refractivity contribution in [2.75, 3.05) is 11.9 Å². The Morgan fingerprint density at radius 1 is 1.24 bits per heavy atom. The fourth-order valence-corrected chi connectivity index (χ4v) is 1.42. The fraction of sp³-hybridized carbons (Fsp3) is 0.385. The number of rotatable bonds is 5. The SMILES string of the molecule is CCCC(=O)Nc1ccccc1C(=O)OCC. The van der Waals surface area contributed by atoms with Gasteiger partial charge in [0, 0.05) is 6.42 Å². The quantitative estimate of drug-likeness (QED) is 0.798. The molecule has 0 aliphatic rings. The Kier molecular flexibility index (Phi) is 5.20. The van der Waals surface area contributed by atoms with Crippen molar-refractivity contribution in [3.8, 4) is 0 Å². The lowest BCUT2D eigenvalue weighted by Crippen LogP contribution is -2.15. The van der Waals surface area contributed by atoms with E-state index in [0.717, 1.165) is 6.42 Å². The van der Waals surface area contributed by atoms with E-state index in [-0.39, 0.29) is 5.91 Å². The molecule has 1 aromatic carbocycles. The Hall–Kier alpha value is -1.84. The summed E-state index contributed by atoms with van der Waals surface area (Å²) in [5.74, 6) is -0.510. The summed E-state index contributed by atoms with van der Waals surface area (Å²) in [4.78, 5) is 23.1. The molecule has 0 fully saturated rings. The number of ether oxygens (including phenoxy) is 1. The van der Waals surface area contributed by atoms with Crippen LogP contribution in [0.3, 0.4) is 0 Å². The van der Waals surface area contributed by atoms with E-state index in [2.05, 4.69) is 5.32 Å². The van der Waals surface area contributed by atoms with E-state index < -0.39 is 5.97 Å². The van der Waals surface area contributed by atoms with Gasteiger partial charge in [0.1, 0.15) is 0 Å². The topological polar surface area (TPSA) is 55.4 Å². The van der Waals surface area contributed by atoms with E-state index in [1.165, 1.54) is 0 Å². The molecule has 0 unspecified atom stereocenters. The summed E-state index contributed by atoms with van der Waals surface area (Å²) in [6, 6.07) is 6.84. The van der Waals surface area contributed by atoms with Crippen molar-refractivity contribution in [1.82, 2.24) is 0 Å². The van der Waals surface area contributed by atoms with Crippen LogP contribution in [-0.2, 0) is 9.53 Å². The van der Waals surface area contributed by atoms with Crippen LogP contribution >= 0.6 is 0 Å². The number of carbonyl (C=O) groups excluding carboxylic acids is 2. The van der Waals surface area contributed by atoms with Crippen LogP contribution < -0.4 is 5.32 Å². The molecule has 1 aromatic rings. The number of esters is 1. The van der Waals surface area contributed by atoms with Gasteiger partial charge in [-0.15, -0.1) is 0 Å². The van der Waals surface area contributed by atoms with Crippen LogP contribution in [0.5, 0.6) is 0 Å². The van der Waals surface area contributed by atoms with Crippen LogP contribution in [0.4, 0.5) is 5.69 Å². The molecule has 1 rings (SSSR count). The van der Waals surface area contributed by atoms with Crippen LogP contribution in [0.25, 0.3) is 0 Å². The highest BCUT2D eigenvalue weighted by Crippen LogP contribution is 2.16. The van der Waals surface area contributed by atoms with Gasteiger partial charge in [-0.05, 0) is 25.5 Å². The van der Waals surface area contributed by atoms with Crippen LogP contribution in [0.2, 0.25) is 0 Å². The van der Waals surface area contributed by atoms with Gasteiger partial charge in [-0.25, -0.2) is 4.79 Å². The van der Waals surface area contributed by atoms with Gasteiger partial charge in [0.2, 0.25) is 5.91 Å². The molecular weight excluding hydrogens is 218 g/mol. The van der Waals surface area contributed by atoms with E-state index in [1.807, 2.05) is 6.92 Å². The molecule has 0 heterocycles. The predicted octanol–water partition coefficient (Wildman–Crippen LogP) is 2.60. The number of carbonyl (C=O) groups is 2. The van der Waals surface area contributed by atoms with Gasteiger partial charge in [-0.2, -0.15) is 0 Å². The molecule has 0 aliphatic carbocycles. The van der Waals surface area contributed by atoms with Gasteiger partial charge in [0.05, 0.1) is 17.9 Å². The molecule has 0 saturated heterocycles. The molecule has 0 aliphatic heterocycles. The zero-order chi connectivity index (χ0) is 12.7. The Labute approximate surface area is 101 Å². The van der Waals surface area contributed by atoms with Gasteiger partial charge >= 0.3 is 5.97 Å². The van der Waals surface area contributed by atoms with E-state index in [4.69, 9.17) is 4.74 Å². The van der Waals surface area contributed by atoms with E-state index >= 15 is 0 Å². The first-order valence-corrected chi connectivity index (χ1v) is 5.75. The second-order valence-electron chi connectivity index (χ2n) is 3.56. The number of hydrogen-bond acceptors (Lipinski definition) is 3. The Morgan fingerprint density at radius 3 is 2.59 bits per heavy atom. The fourth-order valence-electron chi connectivity index (χ4n) is 1.42. The largest absolute Gasteiger partial charge is 0.462 e.